The van der Waals surface area contributed by atoms with Crippen LogP contribution in [0.3, 0.4) is 0 Å². The third-order valence-corrected chi connectivity index (χ3v) is 4.33. The molecule has 0 aromatic heterocycles. The Morgan fingerprint density at radius 3 is 2.33 bits per heavy atom. The Balaban J connectivity index is 2.36. The van der Waals surface area contributed by atoms with Gasteiger partial charge in [0.2, 0.25) is 0 Å². The molecule has 1 aliphatic carbocycles. The SMILES string of the molecule is CCC(C)(C)NCCN(CC(C)C)C1CCCC1. The Morgan fingerprint density at radius 1 is 1.22 bits per heavy atom. The summed E-state index contributed by atoms with van der Waals surface area (Å²) in [6.45, 7) is 15.1. The molecule has 0 saturated heterocycles. The lowest BCUT2D eigenvalue weighted by molar-refractivity contribution is 0.171. The lowest BCUT2D eigenvalue weighted by atomic mass is 10.0. The Kier molecular flexibility index (Phi) is 6.65. The molecule has 0 aliphatic heterocycles. The molecule has 1 rings (SSSR count). The van der Waals surface area contributed by atoms with E-state index in [0.717, 1.165) is 18.5 Å². The standard InChI is InChI=1S/C16H34N2/c1-6-16(4,5)17-11-12-18(13-14(2)3)15-9-7-8-10-15/h14-15,17H,6-13H2,1-5H3. The predicted molar refractivity (Wildman–Crippen MR) is 81.0 cm³/mol. The van der Waals surface area contributed by atoms with Crippen molar-refractivity contribution in [3.05, 3.63) is 0 Å². The fraction of sp³-hybridized carbons (Fsp3) is 1.00. The molecule has 0 spiro atoms. The molecule has 0 heterocycles. The number of hydrogen-bond donors (Lipinski definition) is 1. The molecular weight excluding hydrogens is 220 g/mol. The summed E-state index contributed by atoms with van der Waals surface area (Å²) in [6.07, 6.45) is 6.91. The van der Waals surface area contributed by atoms with Crippen LogP contribution in [0.15, 0.2) is 0 Å². The lowest BCUT2D eigenvalue weighted by Crippen LogP contribution is -2.46. The lowest BCUT2D eigenvalue weighted by Gasteiger charge is -2.32. The molecule has 0 unspecified atom stereocenters. The molecule has 0 bridgehead atoms. The first-order chi connectivity index (χ1) is 8.44. The smallest absolute Gasteiger partial charge is 0.0123 e. The average Bonchev–Trinajstić information content (AvgIpc) is 2.80. The van der Waals surface area contributed by atoms with Gasteiger partial charge in [-0.2, -0.15) is 0 Å². The van der Waals surface area contributed by atoms with Gasteiger partial charge in [-0.25, -0.2) is 0 Å². The van der Waals surface area contributed by atoms with Gasteiger partial charge in [0.1, 0.15) is 0 Å². The summed E-state index contributed by atoms with van der Waals surface area (Å²) >= 11 is 0. The minimum Gasteiger partial charge on any atom is -0.311 e. The van der Waals surface area contributed by atoms with Crippen LogP contribution in [-0.4, -0.2) is 36.1 Å². The van der Waals surface area contributed by atoms with Crippen LogP contribution in [0.4, 0.5) is 0 Å². The summed E-state index contributed by atoms with van der Waals surface area (Å²) in [6, 6.07) is 0.860. The van der Waals surface area contributed by atoms with Crippen LogP contribution in [0.5, 0.6) is 0 Å². The molecule has 1 saturated carbocycles. The normalized spacial score (nSPS) is 18.2. The zero-order chi connectivity index (χ0) is 13.6. The first-order valence-corrected chi connectivity index (χ1v) is 7.93. The summed E-state index contributed by atoms with van der Waals surface area (Å²) in [5.74, 6) is 0.782. The third-order valence-electron chi connectivity index (χ3n) is 4.33. The number of nitrogens with one attached hydrogen (secondary N) is 1. The van der Waals surface area contributed by atoms with Crippen molar-refractivity contribution in [3.63, 3.8) is 0 Å². The zero-order valence-electron chi connectivity index (χ0n) is 13.3. The zero-order valence-corrected chi connectivity index (χ0v) is 13.3. The van der Waals surface area contributed by atoms with Gasteiger partial charge in [-0.15, -0.1) is 0 Å². The van der Waals surface area contributed by atoms with E-state index in [9.17, 15) is 0 Å². The van der Waals surface area contributed by atoms with E-state index < -0.39 is 0 Å². The molecule has 1 N–H and O–H groups in total. The highest BCUT2D eigenvalue weighted by molar-refractivity contribution is 4.81. The summed E-state index contributed by atoms with van der Waals surface area (Å²) in [5, 5.41) is 3.69. The molecule has 1 fully saturated rings. The van der Waals surface area contributed by atoms with Crippen LogP contribution in [-0.2, 0) is 0 Å². The van der Waals surface area contributed by atoms with Gasteiger partial charge in [0, 0.05) is 31.2 Å². The van der Waals surface area contributed by atoms with Gasteiger partial charge >= 0.3 is 0 Å². The maximum Gasteiger partial charge on any atom is 0.0123 e. The van der Waals surface area contributed by atoms with Crippen molar-refractivity contribution in [2.24, 2.45) is 5.92 Å². The molecule has 0 amide bonds. The van der Waals surface area contributed by atoms with Gasteiger partial charge in [-0.3, -0.25) is 4.90 Å². The molecule has 0 radical (unpaired) electrons. The van der Waals surface area contributed by atoms with Gasteiger partial charge in [0.05, 0.1) is 0 Å². The molecule has 2 nitrogen and oxygen atoms in total. The van der Waals surface area contributed by atoms with Gasteiger partial charge < -0.3 is 5.32 Å². The van der Waals surface area contributed by atoms with Crippen LogP contribution in [0.2, 0.25) is 0 Å². The number of nitrogens with zero attached hydrogens (tertiary/aromatic N) is 1. The topological polar surface area (TPSA) is 15.3 Å². The van der Waals surface area contributed by atoms with Crippen molar-refractivity contribution in [3.8, 4) is 0 Å². The fourth-order valence-electron chi connectivity index (χ4n) is 2.82. The van der Waals surface area contributed by atoms with Crippen molar-refractivity contribution >= 4 is 0 Å². The monoisotopic (exact) mass is 254 g/mol. The molecule has 0 atom stereocenters. The second kappa shape index (κ2) is 7.49. The van der Waals surface area contributed by atoms with E-state index in [1.807, 2.05) is 0 Å². The van der Waals surface area contributed by atoms with Gasteiger partial charge in [-0.05, 0) is 39.0 Å². The molecule has 1 aliphatic rings. The van der Waals surface area contributed by atoms with Gasteiger partial charge in [0.15, 0.2) is 0 Å². The van der Waals surface area contributed by atoms with Crippen LogP contribution >= 0.6 is 0 Å². The first kappa shape index (κ1) is 16.0. The Morgan fingerprint density at radius 2 is 1.83 bits per heavy atom. The van der Waals surface area contributed by atoms with Crippen LogP contribution in [0.1, 0.15) is 66.7 Å². The number of hydrogen-bond acceptors (Lipinski definition) is 2. The molecule has 0 aromatic carbocycles. The van der Waals surface area contributed by atoms with Crippen molar-refractivity contribution in [2.75, 3.05) is 19.6 Å². The highest BCUT2D eigenvalue weighted by Gasteiger charge is 2.23. The van der Waals surface area contributed by atoms with Crippen molar-refractivity contribution in [2.45, 2.75) is 78.3 Å². The van der Waals surface area contributed by atoms with Crippen LogP contribution in [0, 0.1) is 5.92 Å². The molecule has 108 valence electrons. The van der Waals surface area contributed by atoms with Crippen molar-refractivity contribution in [1.29, 1.82) is 0 Å². The number of rotatable bonds is 8. The van der Waals surface area contributed by atoms with Crippen molar-refractivity contribution < 1.29 is 0 Å². The Hall–Kier alpha value is -0.0800. The Labute approximate surface area is 115 Å². The molecular formula is C16H34N2. The summed E-state index contributed by atoms with van der Waals surface area (Å²) < 4.78 is 0. The quantitative estimate of drug-likeness (QED) is 0.711. The minimum atomic E-state index is 0.291. The highest BCUT2D eigenvalue weighted by atomic mass is 15.2. The first-order valence-electron chi connectivity index (χ1n) is 7.93. The summed E-state index contributed by atoms with van der Waals surface area (Å²) in [5.41, 5.74) is 0.291. The van der Waals surface area contributed by atoms with E-state index in [4.69, 9.17) is 0 Å². The average molecular weight is 254 g/mol. The van der Waals surface area contributed by atoms with Gasteiger partial charge in [0.25, 0.3) is 0 Å². The highest BCUT2D eigenvalue weighted by Crippen LogP contribution is 2.24. The second-order valence-corrected chi connectivity index (χ2v) is 6.99. The molecule has 2 heteroatoms. The van der Waals surface area contributed by atoms with Crippen molar-refractivity contribution in [1.82, 2.24) is 10.2 Å². The van der Waals surface area contributed by atoms with E-state index >= 15 is 0 Å². The summed E-state index contributed by atoms with van der Waals surface area (Å²) in [7, 11) is 0. The van der Waals surface area contributed by atoms with E-state index in [1.54, 1.807) is 0 Å². The predicted octanol–water partition coefficient (Wildman–Crippen LogP) is 3.67. The largest absolute Gasteiger partial charge is 0.311 e. The minimum absolute atomic E-state index is 0.291. The second-order valence-electron chi connectivity index (χ2n) is 6.99. The summed E-state index contributed by atoms with van der Waals surface area (Å²) in [4.78, 5) is 2.73. The molecule has 0 aromatic rings. The fourth-order valence-corrected chi connectivity index (χ4v) is 2.82. The third kappa shape index (κ3) is 5.71. The van der Waals surface area contributed by atoms with E-state index in [-0.39, 0.29) is 0 Å². The maximum absolute atomic E-state index is 3.69. The van der Waals surface area contributed by atoms with E-state index in [2.05, 4.69) is 44.8 Å². The maximum atomic E-state index is 3.69. The van der Waals surface area contributed by atoms with E-state index in [1.165, 1.54) is 45.2 Å². The van der Waals surface area contributed by atoms with E-state index in [0.29, 0.717) is 5.54 Å². The molecule has 18 heavy (non-hydrogen) atoms. The van der Waals surface area contributed by atoms with Crippen LogP contribution < -0.4 is 5.32 Å². The Bertz CT molecular complexity index is 217. The van der Waals surface area contributed by atoms with Crippen LogP contribution in [0.25, 0.3) is 0 Å². The van der Waals surface area contributed by atoms with Gasteiger partial charge in [-0.1, -0.05) is 33.6 Å².